The molecule has 0 fully saturated rings. The van der Waals surface area contributed by atoms with Crippen molar-refractivity contribution in [2.24, 2.45) is 0 Å². The number of rotatable bonds is 12. The van der Waals surface area contributed by atoms with Crippen LogP contribution in [0, 0.1) is 0 Å². The molecule has 1 aromatic rings. The minimum absolute atomic E-state index is 0.0464. The molecule has 0 bridgehead atoms. The molecule has 0 saturated carbocycles. The zero-order valence-electron chi connectivity index (χ0n) is 13.6. The molecular weight excluding hydrogens is 302 g/mol. The molecule has 1 aromatic carbocycles. The standard InChI is InChI=1S/C20H28P2/c1-5-12-21(13-6-2)17-19-10-9-11-20(16-19)18-22(14-7-3)15-8-4/h5-11,16H,1-4,12-15,17-18H2. The highest BCUT2D eigenvalue weighted by atomic mass is 31.1. The molecule has 0 N–H and O–H groups in total. The lowest BCUT2D eigenvalue weighted by atomic mass is 10.2. The van der Waals surface area contributed by atoms with Gasteiger partial charge in [-0.2, -0.15) is 0 Å². The van der Waals surface area contributed by atoms with E-state index in [9.17, 15) is 0 Å². The zero-order chi connectivity index (χ0) is 16.2. The summed E-state index contributed by atoms with van der Waals surface area (Å²) in [6, 6.07) is 9.11. The van der Waals surface area contributed by atoms with Crippen molar-refractivity contribution in [3.05, 3.63) is 86.0 Å². The maximum Gasteiger partial charge on any atom is -0.00674 e. The van der Waals surface area contributed by atoms with Gasteiger partial charge in [0.2, 0.25) is 0 Å². The second-order valence-electron chi connectivity index (χ2n) is 5.36. The fourth-order valence-electron chi connectivity index (χ4n) is 2.48. The summed E-state index contributed by atoms with van der Waals surface area (Å²) in [4.78, 5) is 0. The Labute approximate surface area is 139 Å². The molecule has 0 aliphatic rings. The summed E-state index contributed by atoms with van der Waals surface area (Å²) in [7, 11) is -0.0929. The molecule has 1 rings (SSSR count). The summed E-state index contributed by atoms with van der Waals surface area (Å²) < 4.78 is 0. The van der Waals surface area contributed by atoms with Crippen LogP contribution in [0.4, 0.5) is 0 Å². The molecule has 0 spiro atoms. The highest BCUT2D eigenvalue weighted by Gasteiger charge is 2.09. The Kier molecular flexibility index (Phi) is 10.1. The van der Waals surface area contributed by atoms with Crippen molar-refractivity contribution in [3.63, 3.8) is 0 Å². The predicted octanol–water partition coefficient (Wildman–Crippen LogP) is 6.39. The van der Waals surface area contributed by atoms with Crippen molar-refractivity contribution in [2.75, 3.05) is 24.6 Å². The van der Waals surface area contributed by atoms with Crippen LogP contribution in [0.15, 0.2) is 74.9 Å². The van der Waals surface area contributed by atoms with Gasteiger partial charge in [0.05, 0.1) is 0 Å². The highest BCUT2D eigenvalue weighted by Crippen LogP contribution is 2.42. The van der Waals surface area contributed by atoms with Gasteiger partial charge in [-0.25, -0.2) is 0 Å². The first-order valence-electron chi connectivity index (χ1n) is 7.69. The smallest absolute Gasteiger partial charge is 0.00674 e. The first-order valence-corrected chi connectivity index (χ1v) is 11.5. The Morgan fingerprint density at radius 2 is 1.05 bits per heavy atom. The quantitative estimate of drug-likeness (QED) is 0.307. The summed E-state index contributed by atoms with van der Waals surface area (Å²) in [5, 5.41) is 0. The molecule has 0 aromatic heterocycles. The molecule has 0 saturated heterocycles. The number of benzene rings is 1. The van der Waals surface area contributed by atoms with Crippen molar-refractivity contribution in [1.82, 2.24) is 0 Å². The Morgan fingerprint density at radius 1 is 0.682 bits per heavy atom. The van der Waals surface area contributed by atoms with Crippen LogP contribution in [0.3, 0.4) is 0 Å². The van der Waals surface area contributed by atoms with Crippen molar-refractivity contribution in [1.29, 1.82) is 0 Å². The van der Waals surface area contributed by atoms with Crippen LogP contribution in [0.2, 0.25) is 0 Å². The van der Waals surface area contributed by atoms with E-state index in [1.807, 2.05) is 24.3 Å². The Bertz CT molecular complexity index is 429. The molecule has 0 atom stereocenters. The van der Waals surface area contributed by atoms with E-state index >= 15 is 0 Å². The maximum absolute atomic E-state index is 3.89. The van der Waals surface area contributed by atoms with Gasteiger partial charge in [0.15, 0.2) is 0 Å². The second-order valence-corrected chi connectivity index (χ2v) is 10.1. The van der Waals surface area contributed by atoms with E-state index in [-0.39, 0.29) is 15.8 Å². The average Bonchev–Trinajstić information content (AvgIpc) is 2.49. The van der Waals surface area contributed by atoms with Crippen LogP contribution in [-0.4, -0.2) is 24.6 Å². The number of allylic oxidation sites excluding steroid dienone is 4. The van der Waals surface area contributed by atoms with Crippen LogP contribution >= 0.6 is 15.8 Å². The summed E-state index contributed by atoms with van der Waals surface area (Å²) in [5.41, 5.74) is 2.92. The van der Waals surface area contributed by atoms with E-state index in [1.165, 1.54) is 23.5 Å². The van der Waals surface area contributed by atoms with Crippen LogP contribution in [0.1, 0.15) is 11.1 Å². The Balaban J connectivity index is 2.74. The van der Waals surface area contributed by atoms with E-state index < -0.39 is 0 Å². The summed E-state index contributed by atoms with van der Waals surface area (Å²) in [5.74, 6) is 0. The molecule has 0 unspecified atom stereocenters. The summed E-state index contributed by atoms with van der Waals surface area (Å²) in [6.07, 6.45) is 15.0. The van der Waals surface area contributed by atoms with Crippen molar-refractivity contribution >= 4 is 15.8 Å². The van der Waals surface area contributed by atoms with E-state index in [0.29, 0.717) is 0 Å². The Hall–Kier alpha value is -0.960. The monoisotopic (exact) mass is 330 g/mol. The van der Waals surface area contributed by atoms with E-state index in [2.05, 4.69) is 50.6 Å². The average molecular weight is 330 g/mol. The van der Waals surface area contributed by atoms with Gasteiger partial charge in [-0.1, -0.05) is 64.4 Å². The molecule has 0 radical (unpaired) electrons. The number of hydrogen-bond donors (Lipinski definition) is 0. The van der Waals surface area contributed by atoms with E-state index in [1.54, 1.807) is 0 Å². The fraction of sp³-hybridized carbons (Fsp3) is 0.300. The maximum atomic E-state index is 3.89. The van der Waals surface area contributed by atoms with E-state index in [4.69, 9.17) is 0 Å². The summed E-state index contributed by atoms with van der Waals surface area (Å²) in [6.45, 7) is 15.6. The first kappa shape index (κ1) is 19.1. The lowest BCUT2D eigenvalue weighted by Gasteiger charge is -2.17. The van der Waals surface area contributed by atoms with Gasteiger partial charge in [0, 0.05) is 0 Å². The lowest BCUT2D eigenvalue weighted by molar-refractivity contribution is 1.29. The molecule has 0 aliphatic carbocycles. The third-order valence-corrected chi connectivity index (χ3v) is 8.08. The van der Waals surface area contributed by atoms with Crippen molar-refractivity contribution in [3.8, 4) is 0 Å². The molecule has 22 heavy (non-hydrogen) atoms. The zero-order valence-corrected chi connectivity index (χ0v) is 15.4. The fourth-order valence-corrected chi connectivity index (χ4v) is 6.18. The van der Waals surface area contributed by atoms with Gasteiger partial charge >= 0.3 is 0 Å². The molecular formula is C20H28P2. The third-order valence-electron chi connectivity index (χ3n) is 3.35. The van der Waals surface area contributed by atoms with Gasteiger partial charge in [0.1, 0.15) is 0 Å². The third kappa shape index (κ3) is 7.35. The molecule has 0 aliphatic heterocycles. The van der Waals surface area contributed by atoms with Crippen LogP contribution in [0.25, 0.3) is 0 Å². The van der Waals surface area contributed by atoms with Crippen LogP contribution < -0.4 is 0 Å². The second kappa shape index (κ2) is 11.6. The SMILES string of the molecule is C=CCP(CC=C)Cc1cccc(CP(CC=C)CC=C)c1. The van der Waals surface area contributed by atoms with Gasteiger partial charge in [-0.3, -0.25) is 0 Å². The minimum Gasteiger partial charge on any atom is -0.103 e. The molecule has 0 nitrogen and oxygen atoms in total. The molecule has 118 valence electrons. The van der Waals surface area contributed by atoms with Crippen LogP contribution in [-0.2, 0) is 12.3 Å². The lowest BCUT2D eigenvalue weighted by Crippen LogP contribution is -1.94. The van der Waals surface area contributed by atoms with Gasteiger partial charge in [-0.05, 0) is 48.1 Å². The van der Waals surface area contributed by atoms with Crippen LogP contribution in [0.5, 0.6) is 0 Å². The predicted molar refractivity (Wildman–Crippen MR) is 108 cm³/mol. The molecule has 2 heteroatoms. The van der Waals surface area contributed by atoms with Crippen molar-refractivity contribution < 1.29 is 0 Å². The van der Waals surface area contributed by atoms with Gasteiger partial charge in [0.25, 0.3) is 0 Å². The normalized spacial score (nSPS) is 10.6. The van der Waals surface area contributed by atoms with Crippen molar-refractivity contribution in [2.45, 2.75) is 12.3 Å². The van der Waals surface area contributed by atoms with Gasteiger partial charge < -0.3 is 0 Å². The molecule has 0 heterocycles. The Morgan fingerprint density at radius 3 is 1.36 bits per heavy atom. The highest BCUT2D eigenvalue weighted by molar-refractivity contribution is 7.57. The summed E-state index contributed by atoms with van der Waals surface area (Å²) >= 11 is 0. The largest absolute Gasteiger partial charge is 0.103 e. The van der Waals surface area contributed by atoms with E-state index in [0.717, 1.165) is 24.6 Å². The minimum atomic E-state index is -0.0464. The van der Waals surface area contributed by atoms with Gasteiger partial charge in [-0.15, -0.1) is 26.3 Å². The topological polar surface area (TPSA) is 0 Å². The number of hydrogen-bond acceptors (Lipinski definition) is 0. The molecule has 0 amide bonds. The first-order chi connectivity index (χ1) is 10.7.